The zero-order valence-corrected chi connectivity index (χ0v) is 16.8. The Bertz CT molecular complexity index is 810. The van der Waals surface area contributed by atoms with Crippen molar-refractivity contribution in [1.82, 2.24) is 14.9 Å². The summed E-state index contributed by atoms with van der Waals surface area (Å²) in [4.78, 5) is 25.7. The van der Waals surface area contributed by atoms with Crippen LogP contribution in [0.1, 0.15) is 23.5 Å². The van der Waals surface area contributed by atoms with E-state index in [9.17, 15) is 4.79 Å². The fourth-order valence-corrected chi connectivity index (χ4v) is 3.33. The van der Waals surface area contributed by atoms with E-state index < -0.39 is 0 Å². The van der Waals surface area contributed by atoms with Crippen LogP contribution in [0.15, 0.2) is 24.3 Å². The number of ether oxygens (including phenoxy) is 1. The van der Waals surface area contributed by atoms with Gasteiger partial charge in [0.2, 0.25) is 0 Å². The number of anilines is 1. The van der Waals surface area contributed by atoms with Crippen molar-refractivity contribution in [1.29, 1.82) is 0 Å². The number of nitrogens with zero attached hydrogens (tertiary/aromatic N) is 4. The summed E-state index contributed by atoms with van der Waals surface area (Å²) >= 11 is 5.86. The van der Waals surface area contributed by atoms with E-state index in [-0.39, 0.29) is 12.5 Å². The highest BCUT2D eigenvalue weighted by atomic mass is 35.5. The first-order valence-corrected chi connectivity index (χ1v) is 9.55. The number of benzene rings is 1. The Labute approximate surface area is 165 Å². The Balaban J connectivity index is 1.59. The predicted octanol–water partition coefficient (Wildman–Crippen LogP) is 3.17. The van der Waals surface area contributed by atoms with Gasteiger partial charge in [-0.25, -0.2) is 9.97 Å². The van der Waals surface area contributed by atoms with Crippen LogP contribution in [-0.4, -0.2) is 53.6 Å². The van der Waals surface area contributed by atoms with Crippen molar-refractivity contribution in [3.63, 3.8) is 0 Å². The first-order chi connectivity index (χ1) is 12.9. The smallest absolute Gasteiger partial charge is 0.260 e. The summed E-state index contributed by atoms with van der Waals surface area (Å²) in [6.45, 7) is 9.02. The number of amides is 1. The molecule has 27 heavy (non-hydrogen) atoms. The molecule has 0 atom stereocenters. The highest BCUT2D eigenvalue weighted by molar-refractivity contribution is 6.30. The first kappa shape index (κ1) is 19.4. The van der Waals surface area contributed by atoms with E-state index in [1.165, 1.54) is 0 Å². The summed E-state index contributed by atoms with van der Waals surface area (Å²) in [5.41, 5.74) is 2.11. The number of aryl methyl sites for hydroxylation is 2. The molecule has 3 rings (SSSR count). The third-order valence-electron chi connectivity index (χ3n) is 4.80. The summed E-state index contributed by atoms with van der Waals surface area (Å²) in [5, 5.41) is 0.645. The van der Waals surface area contributed by atoms with Crippen LogP contribution < -0.4 is 9.64 Å². The van der Waals surface area contributed by atoms with E-state index in [2.05, 4.69) is 21.8 Å². The average Bonchev–Trinajstić information content (AvgIpc) is 2.90. The van der Waals surface area contributed by atoms with Crippen molar-refractivity contribution in [3.05, 3.63) is 46.4 Å². The Morgan fingerprint density at radius 1 is 1.07 bits per heavy atom. The summed E-state index contributed by atoms with van der Waals surface area (Å²) in [6.07, 6.45) is 0.897. The number of hydrogen-bond donors (Lipinski definition) is 0. The molecule has 1 aliphatic rings. The molecule has 1 saturated heterocycles. The Morgan fingerprint density at radius 2 is 1.81 bits per heavy atom. The molecule has 6 nitrogen and oxygen atoms in total. The molecule has 0 saturated carbocycles. The molecule has 1 aromatic heterocycles. The van der Waals surface area contributed by atoms with Gasteiger partial charge in [0.05, 0.1) is 0 Å². The first-order valence-electron chi connectivity index (χ1n) is 9.17. The molecule has 0 bridgehead atoms. The van der Waals surface area contributed by atoms with Gasteiger partial charge in [-0.15, -0.1) is 0 Å². The van der Waals surface area contributed by atoms with Crippen molar-refractivity contribution in [2.24, 2.45) is 0 Å². The number of carbonyl (C=O) groups is 1. The van der Waals surface area contributed by atoms with Gasteiger partial charge in [0, 0.05) is 42.5 Å². The predicted molar refractivity (Wildman–Crippen MR) is 107 cm³/mol. The number of rotatable bonds is 4. The summed E-state index contributed by atoms with van der Waals surface area (Å²) < 4.78 is 5.59. The van der Waals surface area contributed by atoms with Crippen LogP contribution in [-0.2, 0) is 4.79 Å². The molecule has 0 aliphatic carbocycles. The Hall–Kier alpha value is -2.34. The topological polar surface area (TPSA) is 58.6 Å². The van der Waals surface area contributed by atoms with Gasteiger partial charge >= 0.3 is 0 Å². The normalized spacial score (nSPS) is 14.8. The number of carbonyl (C=O) groups excluding carboxylic acids is 1. The molecule has 0 N–H and O–H groups in total. The molecule has 1 amide bonds. The minimum atomic E-state index is -0.00132. The van der Waals surface area contributed by atoms with E-state index in [1.807, 2.05) is 18.7 Å². The summed E-state index contributed by atoms with van der Waals surface area (Å²) in [5.74, 6) is 2.40. The number of halogens is 1. The number of aromatic nitrogens is 2. The van der Waals surface area contributed by atoms with Crippen LogP contribution in [0.3, 0.4) is 0 Å². The fourth-order valence-electron chi connectivity index (χ4n) is 3.20. The third kappa shape index (κ3) is 4.89. The molecule has 1 aromatic carbocycles. The monoisotopic (exact) mass is 388 g/mol. The minimum absolute atomic E-state index is 0.00132. The third-order valence-corrected chi connectivity index (χ3v) is 5.05. The lowest BCUT2D eigenvalue weighted by Gasteiger charge is -2.25. The van der Waals surface area contributed by atoms with Gasteiger partial charge in [-0.3, -0.25) is 4.79 Å². The molecule has 2 aromatic rings. The maximum absolute atomic E-state index is 12.5. The molecule has 7 heteroatoms. The SMILES string of the molecule is Cc1nc(C)c(C)c(N2CCCN(C(=O)COc3ccc(Cl)cc3)CC2)n1. The average molecular weight is 389 g/mol. The van der Waals surface area contributed by atoms with Crippen LogP contribution in [0.2, 0.25) is 5.02 Å². The lowest BCUT2D eigenvalue weighted by molar-refractivity contribution is -0.133. The van der Waals surface area contributed by atoms with Crippen LogP contribution in [0.25, 0.3) is 0 Å². The molecular weight excluding hydrogens is 364 g/mol. The largest absolute Gasteiger partial charge is 0.484 e. The van der Waals surface area contributed by atoms with Crippen molar-refractivity contribution >= 4 is 23.3 Å². The summed E-state index contributed by atoms with van der Waals surface area (Å²) in [6, 6.07) is 7.03. The zero-order chi connectivity index (χ0) is 19.4. The Morgan fingerprint density at radius 3 is 2.56 bits per heavy atom. The van der Waals surface area contributed by atoms with Crippen molar-refractivity contribution in [2.75, 3.05) is 37.7 Å². The van der Waals surface area contributed by atoms with Crippen LogP contribution >= 0.6 is 11.6 Å². The zero-order valence-electron chi connectivity index (χ0n) is 16.0. The number of hydrogen-bond acceptors (Lipinski definition) is 5. The van der Waals surface area contributed by atoms with Gasteiger partial charge in [0.15, 0.2) is 6.61 Å². The van der Waals surface area contributed by atoms with Gasteiger partial charge in [-0.2, -0.15) is 0 Å². The molecule has 2 heterocycles. The highest BCUT2D eigenvalue weighted by Gasteiger charge is 2.22. The van der Waals surface area contributed by atoms with E-state index in [0.29, 0.717) is 17.3 Å². The second kappa shape index (κ2) is 8.57. The molecule has 0 radical (unpaired) electrons. The lowest BCUT2D eigenvalue weighted by atomic mass is 10.2. The standard InChI is InChI=1S/C20H25ClN4O2/c1-14-15(2)22-16(3)23-20(14)25-10-4-9-24(11-12-25)19(26)13-27-18-7-5-17(21)6-8-18/h5-8H,4,9-13H2,1-3H3. The van der Waals surface area contributed by atoms with Crippen LogP contribution in [0.4, 0.5) is 5.82 Å². The molecule has 0 unspecified atom stereocenters. The molecule has 144 valence electrons. The van der Waals surface area contributed by atoms with E-state index >= 15 is 0 Å². The van der Waals surface area contributed by atoms with E-state index in [0.717, 1.165) is 49.0 Å². The highest BCUT2D eigenvalue weighted by Crippen LogP contribution is 2.21. The van der Waals surface area contributed by atoms with Gasteiger partial charge in [0.25, 0.3) is 5.91 Å². The van der Waals surface area contributed by atoms with Crippen LogP contribution in [0, 0.1) is 20.8 Å². The molecule has 0 spiro atoms. The van der Waals surface area contributed by atoms with E-state index in [1.54, 1.807) is 24.3 Å². The van der Waals surface area contributed by atoms with Gasteiger partial charge in [0.1, 0.15) is 17.4 Å². The van der Waals surface area contributed by atoms with Gasteiger partial charge in [-0.1, -0.05) is 11.6 Å². The Kier molecular flexibility index (Phi) is 6.16. The van der Waals surface area contributed by atoms with Crippen LogP contribution in [0.5, 0.6) is 5.75 Å². The molecule has 1 fully saturated rings. The van der Waals surface area contributed by atoms with Crippen molar-refractivity contribution < 1.29 is 9.53 Å². The lowest BCUT2D eigenvalue weighted by Crippen LogP contribution is -2.38. The minimum Gasteiger partial charge on any atom is -0.484 e. The summed E-state index contributed by atoms with van der Waals surface area (Å²) in [7, 11) is 0. The quantitative estimate of drug-likeness (QED) is 0.805. The maximum Gasteiger partial charge on any atom is 0.260 e. The fraction of sp³-hybridized carbons (Fsp3) is 0.450. The molecular formula is C20H25ClN4O2. The van der Waals surface area contributed by atoms with Gasteiger partial charge in [-0.05, 0) is 51.5 Å². The van der Waals surface area contributed by atoms with E-state index in [4.69, 9.17) is 16.3 Å². The second-order valence-corrected chi connectivity index (χ2v) is 7.21. The van der Waals surface area contributed by atoms with Crippen molar-refractivity contribution in [3.8, 4) is 5.75 Å². The second-order valence-electron chi connectivity index (χ2n) is 6.77. The van der Waals surface area contributed by atoms with Crippen molar-refractivity contribution in [2.45, 2.75) is 27.2 Å². The molecule has 1 aliphatic heterocycles. The maximum atomic E-state index is 12.5. The van der Waals surface area contributed by atoms with Gasteiger partial charge < -0.3 is 14.5 Å².